The van der Waals surface area contributed by atoms with Crippen LogP contribution in [-0.2, 0) is 0 Å². The van der Waals surface area contributed by atoms with Gasteiger partial charge in [-0.15, -0.1) is 0 Å². The Morgan fingerprint density at radius 3 is 1.95 bits per heavy atom. The predicted octanol–water partition coefficient (Wildman–Crippen LogP) is 4.10. The number of benzene rings is 2. The van der Waals surface area contributed by atoms with Gasteiger partial charge < -0.3 is 5.32 Å². The van der Waals surface area contributed by atoms with E-state index in [4.69, 9.17) is 0 Å². The number of hydrogen-bond donors (Lipinski definition) is 1. The van der Waals surface area contributed by atoms with Crippen LogP contribution in [-0.4, -0.2) is 13.1 Å². The molecule has 0 radical (unpaired) electrons. The Labute approximate surface area is 118 Å². The quantitative estimate of drug-likeness (QED) is 0.783. The van der Waals surface area contributed by atoms with Crippen LogP contribution in [0.15, 0.2) is 48.5 Å². The van der Waals surface area contributed by atoms with Crippen LogP contribution in [0.5, 0.6) is 0 Å². The summed E-state index contributed by atoms with van der Waals surface area (Å²) in [6, 6.07) is 13.1. The van der Waals surface area contributed by atoms with E-state index in [1.165, 1.54) is 24.3 Å². The molecular formula is C17H19F2N. The highest BCUT2D eigenvalue weighted by molar-refractivity contribution is 5.33. The Bertz CT molecular complexity index is 509. The maximum Gasteiger partial charge on any atom is 0.123 e. The molecule has 20 heavy (non-hydrogen) atoms. The average molecular weight is 275 g/mol. The van der Waals surface area contributed by atoms with Crippen LogP contribution in [0.25, 0.3) is 0 Å². The summed E-state index contributed by atoms with van der Waals surface area (Å²) in [6.45, 7) is 3.74. The van der Waals surface area contributed by atoms with Crippen molar-refractivity contribution in [2.75, 3.05) is 13.1 Å². The maximum absolute atomic E-state index is 13.4. The van der Waals surface area contributed by atoms with Gasteiger partial charge in [0, 0.05) is 5.92 Å². The van der Waals surface area contributed by atoms with Crippen molar-refractivity contribution in [1.29, 1.82) is 0 Å². The predicted molar refractivity (Wildman–Crippen MR) is 77.8 cm³/mol. The zero-order valence-electron chi connectivity index (χ0n) is 11.6. The van der Waals surface area contributed by atoms with Crippen molar-refractivity contribution in [3.8, 4) is 0 Å². The molecule has 106 valence electrons. The van der Waals surface area contributed by atoms with Crippen molar-refractivity contribution in [1.82, 2.24) is 5.32 Å². The molecule has 2 aromatic rings. The number of nitrogens with one attached hydrogen (secondary N) is 1. The van der Waals surface area contributed by atoms with Gasteiger partial charge in [0.2, 0.25) is 0 Å². The fraction of sp³-hybridized carbons (Fsp3) is 0.294. The summed E-state index contributed by atoms with van der Waals surface area (Å²) in [5.74, 6) is -0.514. The highest BCUT2D eigenvalue weighted by atomic mass is 19.1. The van der Waals surface area contributed by atoms with Crippen LogP contribution in [0, 0.1) is 11.6 Å². The lowest BCUT2D eigenvalue weighted by Crippen LogP contribution is -2.17. The van der Waals surface area contributed by atoms with Crippen LogP contribution in [0.2, 0.25) is 0 Å². The van der Waals surface area contributed by atoms with Crippen LogP contribution in [0.1, 0.15) is 30.4 Å². The summed E-state index contributed by atoms with van der Waals surface area (Å²) in [5, 5.41) is 3.26. The smallest absolute Gasteiger partial charge is 0.123 e. The minimum atomic E-state index is -0.257. The van der Waals surface area contributed by atoms with Gasteiger partial charge in [0.05, 0.1) is 0 Å². The van der Waals surface area contributed by atoms with E-state index in [-0.39, 0.29) is 17.6 Å². The zero-order chi connectivity index (χ0) is 14.4. The van der Waals surface area contributed by atoms with Crippen LogP contribution >= 0.6 is 0 Å². The standard InChI is InChI=1S/C17H19F2N/c1-2-20-10-9-17(13-5-3-7-15(18)11-13)14-6-4-8-16(19)12-14/h3-8,11-12,17,20H,2,9-10H2,1H3. The van der Waals surface area contributed by atoms with E-state index >= 15 is 0 Å². The molecule has 1 N–H and O–H groups in total. The average Bonchev–Trinajstić information content (AvgIpc) is 2.43. The molecule has 0 aliphatic heterocycles. The second kappa shape index (κ2) is 7.15. The molecule has 3 heteroatoms. The SMILES string of the molecule is CCNCCC(c1cccc(F)c1)c1cccc(F)c1. The van der Waals surface area contributed by atoms with Crippen molar-refractivity contribution >= 4 is 0 Å². The van der Waals surface area contributed by atoms with Crippen molar-refractivity contribution in [2.45, 2.75) is 19.3 Å². The molecule has 0 bridgehead atoms. The van der Waals surface area contributed by atoms with Crippen molar-refractivity contribution in [3.63, 3.8) is 0 Å². The fourth-order valence-electron chi connectivity index (χ4n) is 2.40. The van der Waals surface area contributed by atoms with Gasteiger partial charge in [-0.2, -0.15) is 0 Å². The van der Waals surface area contributed by atoms with Gasteiger partial charge in [-0.3, -0.25) is 0 Å². The molecule has 0 atom stereocenters. The lowest BCUT2D eigenvalue weighted by atomic mass is 9.88. The first-order valence-electron chi connectivity index (χ1n) is 6.92. The summed E-state index contributed by atoms with van der Waals surface area (Å²) < 4.78 is 26.8. The van der Waals surface area contributed by atoms with Gasteiger partial charge in [-0.05, 0) is 54.9 Å². The summed E-state index contributed by atoms with van der Waals surface area (Å²) in [4.78, 5) is 0. The van der Waals surface area contributed by atoms with Gasteiger partial charge in [0.15, 0.2) is 0 Å². The second-order valence-corrected chi connectivity index (χ2v) is 4.80. The second-order valence-electron chi connectivity index (χ2n) is 4.80. The molecule has 1 nitrogen and oxygen atoms in total. The molecule has 0 fully saturated rings. The maximum atomic E-state index is 13.4. The van der Waals surface area contributed by atoms with Gasteiger partial charge in [-0.25, -0.2) is 8.78 Å². The van der Waals surface area contributed by atoms with E-state index in [1.54, 1.807) is 12.1 Å². The van der Waals surface area contributed by atoms with Crippen LogP contribution in [0.4, 0.5) is 8.78 Å². The lowest BCUT2D eigenvalue weighted by molar-refractivity contribution is 0.599. The van der Waals surface area contributed by atoms with Gasteiger partial charge >= 0.3 is 0 Å². The molecule has 0 unspecified atom stereocenters. The van der Waals surface area contributed by atoms with Crippen molar-refractivity contribution in [3.05, 3.63) is 71.3 Å². The third-order valence-electron chi connectivity index (χ3n) is 3.36. The molecule has 0 aliphatic carbocycles. The fourth-order valence-corrected chi connectivity index (χ4v) is 2.40. The van der Waals surface area contributed by atoms with Gasteiger partial charge in [0.25, 0.3) is 0 Å². The monoisotopic (exact) mass is 275 g/mol. The number of halogens is 2. The molecule has 0 aliphatic rings. The van der Waals surface area contributed by atoms with E-state index in [2.05, 4.69) is 5.32 Å². The summed E-state index contributed by atoms with van der Waals surface area (Å²) in [5.41, 5.74) is 1.77. The molecule has 2 rings (SSSR count). The number of hydrogen-bond acceptors (Lipinski definition) is 1. The molecule has 0 saturated heterocycles. The topological polar surface area (TPSA) is 12.0 Å². The van der Waals surface area contributed by atoms with E-state index in [1.807, 2.05) is 19.1 Å². The van der Waals surface area contributed by atoms with Crippen molar-refractivity contribution < 1.29 is 8.78 Å². The normalized spacial score (nSPS) is 11.0. The first kappa shape index (κ1) is 14.7. The Morgan fingerprint density at radius 1 is 0.950 bits per heavy atom. The lowest BCUT2D eigenvalue weighted by Gasteiger charge is -2.18. The van der Waals surface area contributed by atoms with E-state index in [9.17, 15) is 8.78 Å². The first-order valence-corrected chi connectivity index (χ1v) is 6.92. The van der Waals surface area contributed by atoms with Gasteiger partial charge in [0.1, 0.15) is 11.6 Å². The molecule has 0 amide bonds. The molecule has 2 aromatic carbocycles. The highest BCUT2D eigenvalue weighted by Gasteiger charge is 2.15. The molecular weight excluding hydrogens is 256 g/mol. The van der Waals surface area contributed by atoms with Crippen LogP contribution < -0.4 is 5.32 Å². The van der Waals surface area contributed by atoms with E-state index in [0.717, 1.165) is 30.6 Å². The van der Waals surface area contributed by atoms with E-state index in [0.29, 0.717) is 0 Å². The molecule has 0 aromatic heterocycles. The van der Waals surface area contributed by atoms with Crippen molar-refractivity contribution in [2.24, 2.45) is 0 Å². The summed E-state index contributed by atoms with van der Waals surface area (Å²) >= 11 is 0. The molecule has 0 saturated carbocycles. The Balaban J connectivity index is 2.29. The first-order chi connectivity index (χ1) is 9.70. The summed E-state index contributed by atoms with van der Waals surface area (Å²) in [7, 11) is 0. The summed E-state index contributed by atoms with van der Waals surface area (Å²) in [6.07, 6.45) is 0.806. The minimum Gasteiger partial charge on any atom is -0.317 e. The van der Waals surface area contributed by atoms with Crippen LogP contribution in [0.3, 0.4) is 0 Å². The zero-order valence-corrected chi connectivity index (χ0v) is 11.6. The third kappa shape index (κ3) is 3.87. The largest absolute Gasteiger partial charge is 0.317 e. The Morgan fingerprint density at radius 2 is 1.50 bits per heavy atom. The highest BCUT2D eigenvalue weighted by Crippen LogP contribution is 2.28. The Kier molecular flexibility index (Phi) is 5.24. The van der Waals surface area contributed by atoms with Gasteiger partial charge in [-0.1, -0.05) is 31.2 Å². The third-order valence-corrected chi connectivity index (χ3v) is 3.36. The minimum absolute atomic E-state index is 0.000417. The molecule has 0 heterocycles. The number of rotatable bonds is 6. The Hall–Kier alpha value is -1.74. The molecule has 0 spiro atoms. The van der Waals surface area contributed by atoms with E-state index < -0.39 is 0 Å².